The zero-order valence-electron chi connectivity index (χ0n) is 12.7. The molecule has 1 heterocycles. The van der Waals surface area contributed by atoms with Gasteiger partial charge in [0.25, 0.3) is 0 Å². The number of fused-ring (bicyclic) bond motifs is 1. The highest BCUT2D eigenvalue weighted by atomic mass is 16.3. The first-order chi connectivity index (χ1) is 8.82. The Hall–Kier alpha value is -1.28. The molecule has 2 nitrogen and oxygen atoms in total. The van der Waals surface area contributed by atoms with E-state index in [1.807, 2.05) is 0 Å². The Morgan fingerprint density at radius 2 is 1.89 bits per heavy atom. The summed E-state index contributed by atoms with van der Waals surface area (Å²) in [4.78, 5) is 0. The van der Waals surface area contributed by atoms with Crippen molar-refractivity contribution in [3.05, 3.63) is 35.6 Å². The maximum Gasteiger partial charge on any atom is 0.134 e. The smallest absolute Gasteiger partial charge is 0.134 e. The van der Waals surface area contributed by atoms with Crippen LogP contribution in [0.25, 0.3) is 11.0 Å². The lowest BCUT2D eigenvalue weighted by Gasteiger charge is -2.24. The predicted octanol–water partition coefficient (Wildman–Crippen LogP) is 4.99. The number of nitrogens with two attached hydrogens (primary N) is 1. The summed E-state index contributed by atoms with van der Waals surface area (Å²) in [5, 5.41) is 1.16. The minimum absolute atomic E-state index is 0.00736. The van der Waals surface area contributed by atoms with E-state index in [2.05, 4.69) is 58.9 Å². The molecule has 0 saturated carbocycles. The largest absolute Gasteiger partial charge is 0.459 e. The standard InChI is InChI=1S/C17H25NO/c1-6-11(2)12-7-8-14-13(9-12)10-15(19-14)16(18)17(3,4)5/h7-11,16H,6,18H2,1-5H3. The van der Waals surface area contributed by atoms with E-state index in [4.69, 9.17) is 10.2 Å². The number of hydrogen-bond donors (Lipinski definition) is 1. The van der Waals surface area contributed by atoms with E-state index in [0.717, 1.165) is 23.2 Å². The van der Waals surface area contributed by atoms with Crippen LogP contribution in [0.1, 0.15) is 64.3 Å². The molecule has 2 rings (SSSR count). The third-order valence-corrected chi connectivity index (χ3v) is 3.98. The summed E-state index contributed by atoms with van der Waals surface area (Å²) >= 11 is 0. The van der Waals surface area contributed by atoms with E-state index >= 15 is 0 Å². The number of furan rings is 1. The fourth-order valence-electron chi connectivity index (χ4n) is 2.20. The van der Waals surface area contributed by atoms with Crippen LogP contribution in [0.15, 0.2) is 28.7 Å². The molecule has 2 aromatic rings. The minimum atomic E-state index is -0.0769. The normalized spacial score (nSPS) is 15.7. The van der Waals surface area contributed by atoms with Crippen molar-refractivity contribution >= 4 is 11.0 Å². The Morgan fingerprint density at radius 3 is 2.47 bits per heavy atom. The zero-order chi connectivity index (χ0) is 14.2. The maximum absolute atomic E-state index is 6.27. The predicted molar refractivity (Wildman–Crippen MR) is 81.3 cm³/mol. The Balaban J connectivity index is 2.41. The molecule has 2 unspecified atom stereocenters. The molecule has 0 aliphatic carbocycles. The highest BCUT2D eigenvalue weighted by Gasteiger charge is 2.25. The molecular formula is C17H25NO. The van der Waals surface area contributed by atoms with Crippen LogP contribution in [-0.2, 0) is 0 Å². The van der Waals surface area contributed by atoms with Gasteiger partial charge in [0.2, 0.25) is 0 Å². The van der Waals surface area contributed by atoms with Crippen molar-refractivity contribution in [1.82, 2.24) is 0 Å². The van der Waals surface area contributed by atoms with Crippen molar-refractivity contribution in [2.45, 2.75) is 53.0 Å². The van der Waals surface area contributed by atoms with Crippen LogP contribution in [0.3, 0.4) is 0 Å². The second kappa shape index (κ2) is 5.01. The second-order valence-electron chi connectivity index (χ2n) is 6.60. The fourth-order valence-corrected chi connectivity index (χ4v) is 2.20. The molecule has 2 N–H and O–H groups in total. The van der Waals surface area contributed by atoms with Crippen molar-refractivity contribution < 1.29 is 4.42 Å². The minimum Gasteiger partial charge on any atom is -0.459 e. The Kier molecular flexibility index (Phi) is 3.73. The summed E-state index contributed by atoms with van der Waals surface area (Å²) in [6.45, 7) is 10.9. The zero-order valence-corrected chi connectivity index (χ0v) is 12.7. The molecule has 2 heteroatoms. The molecule has 0 spiro atoms. The van der Waals surface area contributed by atoms with Crippen LogP contribution in [0.4, 0.5) is 0 Å². The first-order valence-corrected chi connectivity index (χ1v) is 7.12. The molecule has 0 amide bonds. The Bertz CT molecular complexity index is 562. The van der Waals surface area contributed by atoms with E-state index in [-0.39, 0.29) is 11.5 Å². The van der Waals surface area contributed by atoms with Gasteiger partial charge in [-0.3, -0.25) is 0 Å². The third kappa shape index (κ3) is 2.84. The lowest BCUT2D eigenvalue weighted by molar-refractivity contribution is 0.290. The molecule has 0 fully saturated rings. The van der Waals surface area contributed by atoms with Crippen LogP contribution in [0.5, 0.6) is 0 Å². The summed E-state index contributed by atoms with van der Waals surface area (Å²) < 4.78 is 5.90. The van der Waals surface area contributed by atoms with Gasteiger partial charge in [-0.05, 0) is 41.5 Å². The number of hydrogen-bond acceptors (Lipinski definition) is 2. The quantitative estimate of drug-likeness (QED) is 0.843. The highest BCUT2D eigenvalue weighted by Crippen LogP contribution is 2.34. The average Bonchev–Trinajstić information content (AvgIpc) is 2.78. The van der Waals surface area contributed by atoms with E-state index in [0.29, 0.717) is 5.92 Å². The van der Waals surface area contributed by atoms with Gasteiger partial charge < -0.3 is 10.2 Å². The van der Waals surface area contributed by atoms with E-state index < -0.39 is 0 Å². The summed E-state index contributed by atoms with van der Waals surface area (Å²) in [7, 11) is 0. The van der Waals surface area contributed by atoms with Gasteiger partial charge >= 0.3 is 0 Å². The monoisotopic (exact) mass is 259 g/mol. The van der Waals surface area contributed by atoms with Gasteiger partial charge in [0, 0.05) is 5.39 Å². The van der Waals surface area contributed by atoms with Gasteiger partial charge in [0.05, 0.1) is 6.04 Å². The van der Waals surface area contributed by atoms with Crippen LogP contribution in [-0.4, -0.2) is 0 Å². The van der Waals surface area contributed by atoms with E-state index in [1.54, 1.807) is 0 Å². The molecule has 2 atom stereocenters. The van der Waals surface area contributed by atoms with Crippen molar-refractivity contribution in [1.29, 1.82) is 0 Å². The SMILES string of the molecule is CCC(C)c1ccc2oc(C(N)C(C)(C)C)cc2c1. The van der Waals surface area contributed by atoms with Gasteiger partial charge in [-0.25, -0.2) is 0 Å². The maximum atomic E-state index is 6.27. The first-order valence-electron chi connectivity index (χ1n) is 7.12. The van der Waals surface area contributed by atoms with Crippen molar-refractivity contribution in [3.8, 4) is 0 Å². The molecule has 1 aromatic heterocycles. The summed E-state index contributed by atoms with van der Waals surface area (Å²) in [5.41, 5.74) is 8.57. The molecule has 0 bridgehead atoms. The summed E-state index contributed by atoms with van der Waals surface area (Å²) in [5.74, 6) is 1.46. The van der Waals surface area contributed by atoms with E-state index in [9.17, 15) is 0 Å². The topological polar surface area (TPSA) is 39.2 Å². The van der Waals surface area contributed by atoms with E-state index in [1.165, 1.54) is 5.56 Å². The number of benzene rings is 1. The first kappa shape index (κ1) is 14.1. The van der Waals surface area contributed by atoms with Gasteiger partial charge in [-0.15, -0.1) is 0 Å². The second-order valence-corrected chi connectivity index (χ2v) is 6.60. The average molecular weight is 259 g/mol. The Labute approximate surface area is 116 Å². The van der Waals surface area contributed by atoms with Crippen molar-refractivity contribution in [2.75, 3.05) is 0 Å². The summed E-state index contributed by atoms with van der Waals surface area (Å²) in [6.07, 6.45) is 1.15. The van der Waals surface area contributed by atoms with Gasteiger partial charge in [0.1, 0.15) is 11.3 Å². The molecule has 104 valence electrons. The molecular weight excluding hydrogens is 234 g/mol. The van der Waals surface area contributed by atoms with Gasteiger partial charge in [-0.2, -0.15) is 0 Å². The Morgan fingerprint density at radius 1 is 1.21 bits per heavy atom. The van der Waals surface area contributed by atoms with Crippen molar-refractivity contribution in [2.24, 2.45) is 11.1 Å². The summed E-state index contributed by atoms with van der Waals surface area (Å²) in [6, 6.07) is 8.47. The van der Waals surface area contributed by atoms with Gasteiger partial charge in [0.15, 0.2) is 0 Å². The van der Waals surface area contributed by atoms with Gasteiger partial charge in [-0.1, -0.05) is 40.7 Å². The van der Waals surface area contributed by atoms with Crippen LogP contribution >= 0.6 is 0 Å². The molecule has 0 aliphatic rings. The molecule has 1 aromatic carbocycles. The van der Waals surface area contributed by atoms with Crippen LogP contribution in [0.2, 0.25) is 0 Å². The lowest BCUT2D eigenvalue weighted by atomic mass is 9.86. The molecule has 0 saturated heterocycles. The molecule has 0 aliphatic heterocycles. The molecule has 19 heavy (non-hydrogen) atoms. The third-order valence-electron chi connectivity index (χ3n) is 3.98. The van der Waals surface area contributed by atoms with Crippen LogP contribution < -0.4 is 5.73 Å². The fraction of sp³-hybridized carbons (Fsp3) is 0.529. The van der Waals surface area contributed by atoms with Crippen molar-refractivity contribution in [3.63, 3.8) is 0 Å². The molecule has 0 radical (unpaired) electrons. The van der Waals surface area contributed by atoms with Crippen LogP contribution in [0, 0.1) is 5.41 Å². The highest BCUT2D eigenvalue weighted by molar-refractivity contribution is 5.79. The lowest BCUT2D eigenvalue weighted by Crippen LogP contribution is -2.25. The number of rotatable bonds is 3.